The Kier molecular flexibility index (Phi) is 7.20. The summed E-state index contributed by atoms with van der Waals surface area (Å²) < 4.78 is 24.1. The number of nitrogens with one attached hydrogen (secondary N) is 3. The minimum atomic E-state index is -0.328. The second-order valence-electron chi connectivity index (χ2n) is 6.53. The quantitative estimate of drug-likeness (QED) is 0.389. The van der Waals surface area contributed by atoms with Crippen LogP contribution in [0, 0.1) is 5.82 Å². The number of aliphatic imine (C=N–C) groups is 1. The van der Waals surface area contributed by atoms with Crippen LogP contribution in [0.15, 0.2) is 53.5 Å². The third kappa shape index (κ3) is 5.94. The van der Waals surface area contributed by atoms with Crippen molar-refractivity contribution in [3.8, 4) is 22.9 Å². The van der Waals surface area contributed by atoms with E-state index >= 15 is 0 Å². The van der Waals surface area contributed by atoms with Crippen molar-refractivity contribution in [2.24, 2.45) is 4.99 Å². The smallest absolute Gasteiger partial charge is 0.191 e. The van der Waals surface area contributed by atoms with Crippen LogP contribution in [0.3, 0.4) is 0 Å². The average Bonchev–Trinajstić information content (AvgIpc) is 3.23. The predicted molar refractivity (Wildman–Crippen MR) is 113 cm³/mol. The van der Waals surface area contributed by atoms with Gasteiger partial charge in [0.25, 0.3) is 0 Å². The van der Waals surface area contributed by atoms with Gasteiger partial charge in [0.1, 0.15) is 29.2 Å². The van der Waals surface area contributed by atoms with Gasteiger partial charge in [0.05, 0.1) is 20.2 Å². The summed E-state index contributed by atoms with van der Waals surface area (Å²) in [6, 6.07) is 13.6. The fourth-order valence-electron chi connectivity index (χ4n) is 2.69. The lowest BCUT2D eigenvalue weighted by molar-refractivity contribution is 0.223. The van der Waals surface area contributed by atoms with Gasteiger partial charge in [-0.2, -0.15) is 5.10 Å². The summed E-state index contributed by atoms with van der Waals surface area (Å²) in [5.74, 6) is 2.81. The molecule has 3 aromatic rings. The zero-order valence-electron chi connectivity index (χ0n) is 17.1. The van der Waals surface area contributed by atoms with Gasteiger partial charge in [0.2, 0.25) is 0 Å². The van der Waals surface area contributed by atoms with Gasteiger partial charge in [-0.1, -0.05) is 6.07 Å². The number of rotatable bonds is 8. The first-order chi connectivity index (χ1) is 14.6. The number of benzene rings is 2. The molecule has 30 heavy (non-hydrogen) atoms. The third-order valence-electron chi connectivity index (χ3n) is 4.22. The summed E-state index contributed by atoms with van der Waals surface area (Å²) in [4.78, 5) is 8.67. The van der Waals surface area contributed by atoms with E-state index in [1.165, 1.54) is 12.1 Å². The van der Waals surface area contributed by atoms with Crippen LogP contribution in [-0.2, 0) is 6.54 Å². The van der Waals surface area contributed by atoms with Gasteiger partial charge in [-0.05, 0) is 43.3 Å². The molecule has 0 aliphatic rings. The van der Waals surface area contributed by atoms with Crippen molar-refractivity contribution in [1.29, 1.82) is 0 Å². The van der Waals surface area contributed by atoms with E-state index in [1.54, 1.807) is 26.3 Å². The summed E-state index contributed by atoms with van der Waals surface area (Å²) in [6.07, 6.45) is -0.183. The molecule has 158 valence electrons. The molecule has 0 bridgehead atoms. The number of hydrogen-bond acceptors (Lipinski definition) is 5. The van der Waals surface area contributed by atoms with E-state index in [4.69, 9.17) is 9.47 Å². The van der Waals surface area contributed by atoms with Crippen LogP contribution in [0.1, 0.15) is 12.7 Å². The highest BCUT2D eigenvalue weighted by Gasteiger charge is 2.09. The van der Waals surface area contributed by atoms with Crippen LogP contribution in [0.2, 0.25) is 0 Å². The molecule has 1 unspecified atom stereocenters. The third-order valence-corrected chi connectivity index (χ3v) is 4.22. The topological polar surface area (TPSA) is 96.5 Å². The SMILES string of the molecule is CN=C(NCc1nc(-c2ccc(OC)cc2)n[nH]1)NCC(C)Oc1cccc(F)c1. The van der Waals surface area contributed by atoms with E-state index in [0.29, 0.717) is 36.4 Å². The van der Waals surface area contributed by atoms with Gasteiger partial charge >= 0.3 is 0 Å². The molecule has 0 aliphatic carbocycles. The molecular formula is C21H25FN6O2. The molecule has 1 aromatic heterocycles. The molecule has 0 fully saturated rings. The highest BCUT2D eigenvalue weighted by Crippen LogP contribution is 2.18. The Bertz CT molecular complexity index is 974. The van der Waals surface area contributed by atoms with Crippen molar-refractivity contribution < 1.29 is 13.9 Å². The Labute approximate surface area is 174 Å². The second-order valence-corrected chi connectivity index (χ2v) is 6.53. The largest absolute Gasteiger partial charge is 0.497 e. The number of H-pyrrole nitrogens is 1. The summed E-state index contributed by atoms with van der Waals surface area (Å²) in [5, 5.41) is 13.5. The molecule has 0 amide bonds. The highest BCUT2D eigenvalue weighted by molar-refractivity contribution is 5.79. The van der Waals surface area contributed by atoms with Crippen LogP contribution in [-0.4, -0.2) is 47.9 Å². The molecule has 2 aromatic carbocycles. The highest BCUT2D eigenvalue weighted by atomic mass is 19.1. The van der Waals surface area contributed by atoms with Gasteiger partial charge < -0.3 is 20.1 Å². The molecule has 0 spiro atoms. The van der Waals surface area contributed by atoms with Crippen LogP contribution >= 0.6 is 0 Å². The van der Waals surface area contributed by atoms with E-state index in [9.17, 15) is 4.39 Å². The Morgan fingerprint density at radius 2 is 1.97 bits per heavy atom. The summed E-state index contributed by atoms with van der Waals surface area (Å²) in [5.41, 5.74) is 0.893. The molecule has 1 atom stereocenters. The first kappa shape index (κ1) is 21.1. The van der Waals surface area contributed by atoms with Crippen molar-refractivity contribution in [3.05, 3.63) is 60.2 Å². The monoisotopic (exact) mass is 412 g/mol. The molecule has 0 saturated carbocycles. The molecule has 1 heterocycles. The van der Waals surface area contributed by atoms with Gasteiger partial charge in [0, 0.05) is 18.7 Å². The molecular weight excluding hydrogens is 387 g/mol. The molecule has 9 heteroatoms. The normalized spacial score (nSPS) is 12.3. The van der Waals surface area contributed by atoms with Crippen LogP contribution in [0.4, 0.5) is 4.39 Å². The maximum atomic E-state index is 13.2. The van der Waals surface area contributed by atoms with Gasteiger partial charge in [-0.15, -0.1) is 0 Å². The van der Waals surface area contributed by atoms with Gasteiger partial charge in [0.15, 0.2) is 11.8 Å². The number of nitrogens with zero attached hydrogens (tertiary/aromatic N) is 3. The number of ether oxygens (including phenoxy) is 2. The number of aromatic nitrogens is 3. The maximum Gasteiger partial charge on any atom is 0.191 e. The Morgan fingerprint density at radius 1 is 1.17 bits per heavy atom. The maximum absolute atomic E-state index is 13.2. The van der Waals surface area contributed by atoms with Crippen molar-refractivity contribution in [3.63, 3.8) is 0 Å². The summed E-state index contributed by atoms with van der Waals surface area (Å²) in [6.45, 7) is 2.80. The molecule has 3 rings (SSSR count). The number of hydrogen-bond donors (Lipinski definition) is 3. The lowest BCUT2D eigenvalue weighted by atomic mass is 10.2. The van der Waals surface area contributed by atoms with Crippen molar-refractivity contribution >= 4 is 5.96 Å². The number of guanidine groups is 1. The van der Waals surface area contributed by atoms with Crippen molar-refractivity contribution in [2.45, 2.75) is 19.6 Å². The second kappa shape index (κ2) is 10.2. The number of aromatic amines is 1. The van der Waals surface area contributed by atoms with Crippen LogP contribution in [0.5, 0.6) is 11.5 Å². The fourth-order valence-corrected chi connectivity index (χ4v) is 2.69. The molecule has 0 radical (unpaired) electrons. The van der Waals surface area contributed by atoms with E-state index < -0.39 is 0 Å². The Hall–Kier alpha value is -3.62. The van der Waals surface area contributed by atoms with Crippen molar-refractivity contribution in [2.75, 3.05) is 20.7 Å². The summed E-state index contributed by atoms with van der Waals surface area (Å²) >= 11 is 0. The fraction of sp³-hybridized carbons (Fsp3) is 0.286. The first-order valence-corrected chi connectivity index (χ1v) is 9.50. The number of halogens is 1. The van der Waals surface area contributed by atoms with Gasteiger partial charge in [-0.3, -0.25) is 10.1 Å². The van der Waals surface area contributed by atoms with E-state index in [0.717, 1.165) is 11.3 Å². The van der Waals surface area contributed by atoms with E-state index in [2.05, 4.69) is 30.8 Å². The van der Waals surface area contributed by atoms with Crippen LogP contribution in [0.25, 0.3) is 11.4 Å². The summed E-state index contributed by atoms with van der Waals surface area (Å²) in [7, 11) is 3.30. The van der Waals surface area contributed by atoms with Crippen LogP contribution < -0.4 is 20.1 Å². The molecule has 8 nitrogen and oxygen atoms in total. The van der Waals surface area contributed by atoms with Gasteiger partial charge in [-0.25, -0.2) is 9.37 Å². The molecule has 0 aliphatic heterocycles. The first-order valence-electron chi connectivity index (χ1n) is 9.50. The minimum absolute atomic E-state index is 0.183. The van der Waals surface area contributed by atoms with E-state index in [-0.39, 0.29) is 11.9 Å². The Morgan fingerprint density at radius 3 is 2.67 bits per heavy atom. The zero-order chi connectivity index (χ0) is 21.3. The predicted octanol–water partition coefficient (Wildman–Crippen LogP) is 2.75. The standard InChI is InChI=1S/C21H25FN6O2/c1-14(30-18-6-4-5-16(22)11-18)12-24-21(23-2)25-13-19-26-20(28-27-19)15-7-9-17(29-3)10-8-15/h4-11,14H,12-13H2,1-3H3,(H2,23,24,25)(H,26,27,28). The lowest BCUT2D eigenvalue weighted by Crippen LogP contribution is -2.41. The zero-order valence-corrected chi connectivity index (χ0v) is 17.1. The molecule has 3 N–H and O–H groups in total. The number of methoxy groups -OCH3 is 1. The lowest BCUT2D eigenvalue weighted by Gasteiger charge is -2.17. The average molecular weight is 412 g/mol. The van der Waals surface area contributed by atoms with Crippen molar-refractivity contribution in [1.82, 2.24) is 25.8 Å². The Balaban J connectivity index is 1.47. The minimum Gasteiger partial charge on any atom is -0.497 e. The van der Waals surface area contributed by atoms with E-state index in [1.807, 2.05) is 31.2 Å². The molecule has 0 saturated heterocycles.